The Morgan fingerprint density at radius 2 is 2.06 bits per heavy atom. The van der Waals surface area contributed by atoms with Crippen LogP contribution in [0, 0.1) is 5.92 Å². The number of hydrogen-bond acceptors (Lipinski definition) is 3. The number of nitrogens with zero attached hydrogens (tertiary/aromatic N) is 1. The van der Waals surface area contributed by atoms with Crippen molar-refractivity contribution in [1.29, 1.82) is 0 Å². The van der Waals surface area contributed by atoms with Crippen molar-refractivity contribution >= 4 is 11.3 Å². The second-order valence-corrected chi connectivity index (χ2v) is 5.64. The van der Waals surface area contributed by atoms with Gasteiger partial charge in [-0.05, 0) is 25.9 Å². The molecule has 96 valence electrons. The third-order valence-electron chi connectivity index (χ3n) is 3.03. The Labute approximate surface area is 113 Å². The molecular formula is C15H20N2S. The standard InChI is InChI=1S/C15H20N2S/c1-12(8-9-16-2)10-15-17-14(11-18-15)13-6-4-3-5-7-13/h3-7,11-12,16H,8-10H2,1-2H3. The van der Waals surface area contributed by atoms with Crippen LogP contribution in [0.3, 0.4) is 0 Å². The first kappa shape index (κ1) is 13.2. The summed E-state index contributed by atoms with van der Waals surface area (Å²) in [7, 11) is 2.00. The number of nitrogens with one attached hydrogen (secondary N) is 1. The van der Waals surface area contributed by atoms with Crippen molar-refractivity contribution in [2.45, 2.75) is 19.8 Å². The molecule has 3 heteroatoms. The van der Waals surface area contributed by atoms with Gasteiger partial charge in [0.2, 0.25) is 0 Å². The van der Waals surface area contributed by atoms with E-state index in [1.165, 1.54) is 17.0 Å². The number of hydrogen-bond donors (Lipinski definition) is 1. The molecule has 0 aliphatic rings. The summed E-state index contributed by atoms with van der Waals surface area (Å²) in [4.78, 5) is 4.73. The minimum atomic E-state index is 0.687. The van der Waals surface area contributed by atoms with Gasteiger partial charge in [0.05, 0.1) is 10.7 Å². The largest absolute Gasteiger partial charge is 0.320 e. The summed E-state index contributed by atoms with van der Waals surface area (Å²) < 4.78 is 0. The maximum absolute atomic E-state index is 4.73. The van der Waals surface area contributed by atoms with E-state index in [-0.39, 0.29) is 0 Å². The SMILES string of the molecule is CNCCC(C)Cc1nc(-c2ccccc2)cs1. The maximum atomic E-state index is 4.73. The van der Waals surface area contributed by atoms with E-state index >= 15 is 0 Å². The summed E-state index contributed by atoms with van der Waals surface area (Å²) >= 11 is 1.77. The molecular weight excluding hydrogens is 240 g/mol. The molecule has 1 heterocycles. The summed E-state index contributed by atoms with van der Waals surface area (Å²) in [5.74, 6) is 0.687. The molecule has 1 atom stereocenters. The van der Waals surface area contributed by atoms with Gasteiger partial charge in [0.25, 0.3) is 0 Å². The molecule has 0 amide bonds. The molecule has 0 radical (unpaired) electrons. The summed E-state index contributed by atoms with van der Waals surface area (Å²) in [6.45, 7) is 3.37. The summed E-state index contributed by atoms with van der Waals surface area (Å²) in [6, 6.07) is 10.4. The third-order valence-corrected chi connectivity index (χ3v) is 3.90. The minimum absolute atomic E-state index is 0.687. The van der Waals surface area contributed by atoms with E-state index in [0.717, 1.165) is 18.7 Å². The normalized spacial score (nSPS) is 12.6. The Morgan fingerprint density at radius 3 is 2.78 bits per heavy atom. The lowest BCUT2D eigenvalue weighted by Gasteiger charge is -2.08. The van der Waals surface area contributed by atoms with E-state index in [9.17, 15) is 0 Å². The Balaban J connectivity index is 1.98. The van der Waals surface area contributed by atoms with Crippen molar-refractivity contribution in [3.63, 3.8) is 0 Å². The first-order valence-electron chi connectivity index (χ1n) is 6.44. The third kappa shape index (κ3) is 3.65. The van der Waals surface area contributed by atoms with E-state index in [4.69, 9.17) is 4.98 Å². The lowest BCUT2D eigenvalue weighted by Crippen LogP contribution is -2.12. The predicted molar refractivity (Wildman–Crippen MR) is 79.0 cm³/mol. The van der Waals surface area contributed by atoms with Crippen LogP contribution in [0.25, 0.3) is 11.3 Å². The molecule has 0 saturated heterocycles. The number of rotatable bonds is 6. The van der Waals surface area contributed by atoms with Gasteiger partial charge >= 0.3 is 0 Å². The van der Waals surface area contributed by atoms with Gasteiger partial charge in [0.15, 0.2) is 0 Å². The van der Waals surface area contributed by atoms with E-state index < -0.39 is 0 Å². The van der Waals surface area contributed by atoms with Crippen LogP contribution < -0.4 is 5.32 Å². The van der Waals surface area contributed by atoms with E-state index in [1.807, 2.05) is 13.1 Å². The fourth-order valence-corrected chi connectivity index (χ4v) is 2.91. The fourth-order valence-electron chi connectivity index (χ4n) is 1.94. The van der Waals surface area contributed by atoms with Gasteiger partial charge in [-0.25, -0.2) is 4.98 Å². The fraction of sp³-hybridized carbons (Fsp3) is 0.400. The molecule has 18 heavy (non-hydrogen) atoms. The monoisotopic (exact) mass is 260 g/mol. The highest BCUT2D eigenvalue weighted by Gasteiger charge is 2.08. The number of aromatic nitrogens is 1. The Kier molecular flexibility index (Phi) is 4.90. The van der Waals surface area contributed by atoms with Crippen molar-refractivity contribution in [3.8, 4) is 11.3 Å². The topological polar surface area (TPSA) is 24.9 Å². The molecule has 1 aromatic heterocycles. The number of benzene rings is 1. The molecule has 1 aromatic carbocycles. The lowest BCUT2D eigenvalue weighted by molar-refractivity contribution is 0.514. The highest BCUT2D eigenvalue weighted by atomic mass is 32.1. The predicted octanol–water partition coefficient (Wildman–Crippen LogP) is 3.60. The van der Waals surface area contributed by atoms with Crippen LogP contribution in [0.2, 0.25) is 0 Å². The van der Waals surface area contributed by atoms with Crippen LogP contribution in [-0.4, -0.2) is 18.6 Å². The van der Waals surface area contributed by atoms with Gasteiger partial charge in [-0.1, -0.05) is 37.3 Å². The zero-order valence-electron chi connectivity index (χ0n) is 11.0. The van der Waals surface area contributed by atoms with Crippen molar-refractivity contribution < 1.29 is 0 Å². The molecule has 0 bridgehead atoms. The van der Waals surface area contributed by atoms with Crippen molar-refractivity contribution in [1.82, 2.24) is 10.3 Å². The van der Waals surface area contributed by atoms with Gasteiger partial charge in [0.1, 0.15) is 0 Å². The molecule has 0 aliphatic heterocycles. The van der Waals surface area contributed by atoms with Gasteiger partial charge in [-0.3, -0.25) is 0 Å². The zero-order valence-corrected chi connectivity index (χ0v) is 11.8. The smallest absolute Gasteiger partial charge is 0.0935 e. The van der Waals surface area contributed by atoms with E-state index in [2.05, 4.69) is 41.9 Å². The molecule has 1 N–H and O–H groups in total. The average molecular weight is 260 g/mol. The highest BCUT2D eigenvalue weighted by Crippen LogP contribution is 2.23. The number of thiazole rings is 1. The van der Waals surface area contributed by atoms with Crippen LogP contribution in [0.15, 0.2) is 35.7 Å². The van der Waals surface area contributed by atoms with E-state index in [1.54, 1.807) is 11.3 Å². The van der Waals surface area contributed by atoms with Crippen LogP contribution in [-0.2, 0) is 6.42 Å². The second-order valence-electron chi connectivity index (χ2n) is 4.69. The second kappa shape index (κ2) is 6.66. The van der Waals surface area contributed by atoms with Crippen LogP contribution >= 0.6 is 11.3 Å². The van der Waals surface area contributed by atoms with Gasteiger partial charge in [-0.15, -0.1) is 11.3 Å². The Bertz CT molecular complexity index is 464. The first-order chi connectivity index (χ1) is 8.79. The average Bonchev–Trinajstić information content (AvgIpc) is 2.86. The summed E-state index contributed by atoms with van der Waals surface area (Å²) in [6.07, 6.45) is 2.29. The quantitative estimate of drug-likeness (QED) is 0.858. The molecule has 1 unspecified atom stereocenters. The molecule has 2 rings (SSSR count). The van der Waals surface area contributed by atoms with Gasteiger partial charge < -0.3 is 5.32 Å². The molecule has 0 aliphatic carbocycles. The first-order valence-corrected chi connectivity index (χ1v) is 7.32. The molecule has 0 spiro atoms. The van der Waals surface area contributed by atoms with Crippen LogP contribution in [0.5, 0.6) is 0 Å². The molecule has 0 fully saturated rings. The van der Waals surface area contributed by atoms with Crippen molar-refractivity contribution in [2.75, 3.05) is 13.6 Å². The molecule has 2 aromatic rings. The zero-order chi connectivity index (χ0) is 12.8. The molecule has 0 saturated carbocycles. The summed E-state index contributed by atoms with van der Waals surface area (Å²) in [5, 5.41) is 6.61. The lowest BCUT2D eigenvalue weighted by atomic mass is 10.0. The highest BCUT2D eigenvalue weighted by molar-refractivity contribution is 7.09. The van der Waals surface area contributed by atoms with Gasteiger partial charge in [-0.2, -0.15) is 0 Å². The van der Waals surface area contributed by atoms with E-state index in [0.29, 0.717) is 5.92 Å². The van der Waals surface area contributed by atoms with Crippen LogP contribution in [0.1, 0.15) is 18.4 Å². The molecule has 2 nitrogen and oxygen atoms in total. The Hall–Kier alpha value is -1.19. The van der Waals surface area contributed by atoms with Crippen LogP contribution in [0.4, 0.5) is 0 Å². The van der Waals surface area contributed by atoms with Crippen molar-refractivity contribution in [3.05, 3.63) is 40.7 Å². The minimum Gasteiger partial charge on any atom is -0.320 e. The van der Waals surface area contributed by atoms with Crippen molar-refractivity contribution in [2.24, 2.45) is 5.92 Å². The maximum Gasteiger partial charge on any atom is 0.0935 e. The Morgan fingerprint density at radius 1 is 1.28 bits per heavy atom. The van der Waals surface area contributed by atoms with Gasteiger partial charge in [0, 0.05) is 17.4 Å². The summed E-state index contributed by atoms with van der Waals surface area (Å²) in [5.41, 5.74) is 2.32.